The van der Waals surface area contributed by atoms with Crippen molar-refractivity contribution in [2.45, 2.75) is 32.4 Å². The summed E-state index contributed by atoms with van der Waals surface area (Å²) < 4.78 is 5.40. The zero-order valence-electron chi connectivity index (χ0n) is 8.57. The van der Waals surface area contributed by atoms with E-state index in [0.717, 1.165) is 25.3 Å². The molecule has 78 valence electrons. The fourth-order valence-electron chi connectivity index (χ4n) is 2.06. The molecule has 1 saturated heterocycles. The molecule has 1 aromatic heterocycles. The molecule has 1 fully saturated rings. The van der Waals surface area contributed by atoms with Crippen molar-refractivity contribution in [3.63, 3.8) is 0 Å². The van der Waals surface area contributed by atoms with E-state index < -0.39 is 0 Å². The number of furan rings is 1. The van der Waals surface area contributed by atoms with Gasteiger partial charge in [0.05, 0.1) is 19.4 Å². The van der Waals surface area contributed by atoms with Crippen LogP contribution in [-0.2, 0) is 6.54 Å². The van der Waals surface area contributed by atoms with E-state index in [1.807, 2.05) is 6.07 Å². The minimum absolute atomic E-state index is 0.264. The molecular formula is C11H17NO2. The molecular weight excluding hydrogens is 178 g/mol. The summed E-state index contributed by atoms with van der Waals surface area (Å²) in [6.45, 7) is 4.23. The van der Waals surface area contributed by atoms with Gasteiger partial charge in [0.1, 0.15) is 5.76 Å². The second-order valence-corrected chi connectivity index (χ2v) is 3.98. The first kappa shape index (κ1) is 9.74. The summed E-state index contributed by atoms with van der Waals surface area (Å²) in [4.78, 5) is 2.30. The molecule has 1 unspecified atom stereocenters. The molecule has 0 bridgehead atoms. The number of nitrogens with zero attached hydrogens (tertiary/aromatic N) is 1. The van der Waals surface area contributed by atoms with Gasteiger partial charge in [-0.05, 0) is 37.9 Å². The highest BCUT2D eigenvalue weighted by Crippen LogP contribution is 2.21. The van der Waals surface area contributed by atoms with Gasteiger partial charge in [-0.1, -0.05) is 0 Å². The molecule has 1 N–H and O–H groups in total. The van der Waals surface area contributed by atoms with Gasteiger partial charge in [0.2, 0.25) is 0 Å². The van der Waals surface area contributed by atoms with Crippen LogP contribution in [0.15, 0.2) is 16.7 Å². The van der Waals surface area contributed by atoms with Crippen molar-refractivity contribution in [1.82, 2.24) is 4.90 Å². The molecule has 0 spiro atoms. The van der Waals surface area contributed by atoms with Crippen LogP contribution in [0.25, 0.3) is 0 Å². The van der Waals surface area contributed by atoms with Crippen LogP contribution in [0.2, 0.25) is 0 Å². The van der Waals surface area contributed by atoms with Gasteiger partial charge in [-0.25, -0.2) is 0 Å². The van der Waals surface area contributed by atoms with E-state index in [4.69, 9.17) is 9.52 Å². The lowest BCUT2D eigenvalue weighted by atomic mass is 10.2. The summed E-state index contributed by atoms with van der Waals surface area (Å²) in [5, 5.41) is 9.16. The first-order chi connectivity index (χ1) is 6.81. The van der Waals surface area contributed by atoms with E-state index in [1.54, 1.807) is 6.26 Å². The molecule has 0 aromatic carbocycles. The highest BCUT2D eigenvalue weighted by atomic mass is 16.3. The number of hydrogen-bond acceptors (Lipinski definition) is 3. The molecule has 2 heterocycles. The van der Waals surface area contributed by atoms with E-state index in [9.17, 15) is 0 Å². The third-order valence-electron chi connectivity index (χ3n) is 3.02. The maximum Gasteiger partial charge on any atom is 0.120 e. The van der Waals surface area contributed by atoms with Crippen molar-refractivity contribution < 1.29 is 9.52 Å². The topological polar surface area (TPSA) is 36.6 Å². The highest BCUT2D eigenvalue weighted by molar-refractivity contribution is 5.14. The van der Waals surface area contributed by atoms with E-state index >= 15 is 0 Å². The number of hydrogen-bond donors (Lipinski definition) is 1. The van der Waals surface area contributed by atoms with Crippen LogP contribution in [-0.4, -0.2) is 29.2 Å². The van der Waals surface area contributed by atoms with Gasteiger partial charge in [0.15, 0.2) is 0 Å². The van der Waals surface area contributed by atoms with Crippen molar-refractivity contribution >= 4 is 0 Å². The Bertz CT molecular complexity index is 295. The summed E-state index contributed by atoms with van der Waals surface area (Å²) >= 11 is 0. The summed E-state index contributed by atoms with van der Waals surface area (Å²) in [6.07, 6.45) is 4.02. The average molecular weight is 195 g/mol. The molecule has 1 aromatic rings. The minimum Gasteiger partial charge on any atom is -0.468 e. The number of aryl methyl sites for hydroxylation is 1. The van der Waals surface area contributed by atoms with Gasteiger partial charge in [-0.2, -0.15) is 0 Å². The fourth-order valence-corrected chi connectivity index (χ4v) is 2.06. The zero-order valence-corrected chi connectivity index (χ0v) is 8.57. The van der Waals surface area contributed by atoms with E-state index in [1.165, 1.54) is 12.0 Å². The molecule has 0 saturated carbocycles. The number of aliphatic hydroxyl groups is 1. The van der Waals surface area contributed by atoms with Gasteiger partial charge in [0.25, 0.3) is 0 Å². The molecule has 1 aliphatic rings. The predicted octanol–water partition coefficient (Wildman–Crippen LogP) is 1.54. The number of likely N-dealkylation sites (tertiary alicyclic amines) is 1. The summed E-state index contributed by atoms with van der Waals surface area (Å²) in [5.74, 6) is 1.03. The Kier molecular flexibility index (Phi) is 2.89. The lowest BCUT2D eigenvalue weighted by Crippen LogP contribution is -2.31. The molecule has 3 heteroatoms. The third kappa shape index (κ3) is 1.83. The third-order valence-corrected chi connectivity index (χ3v) is 3.02. The predicted molar refractivity (Wildman–Crippen MR) is 54.0 cm³/mol. The maximum atomic E-state index is 9.16. The second-order valence-electron chi connectivity index (χ2n) is 3.98. The van der Waals surface area contributed by atoms with Crippen molar-refractivity contribution in [2.75, 3.05) is 13.2 Å². The lowest BCUT2D eigenvalue weighted by molar-refractivity contribution is 0.146. The van der Waals surface area contributed by atoms with Crippen LogP contribution in [0.3, 0.4) is 0 Å². The van der Waals surface area contributed by atoms with E-state index in [2.05, 4.69) is 11.8 Å². The Balaban J connectivity index is 2.00. The monoisotopic (exact) mass is 195 g/mol. The van der Waals surface area contributed by atoms with Crippen LogP contribution >= 0.6 is 0 Å². The number of aliphatic hydroxyl groups excluding tert-OH is 1. The molecule has 3 nitrogen and oxygen atoms in total. The fraction of sp³-hybridized carbons (Fsp3) is 0.636. The lowest BCUT2D eigenvalue weighted by Gasteiger charge is -2.21. The first-order valence-electron chi connectivity index (χ1n) is 5.19. The van der Waals surface area contributed by atoms with Gasteiger partial charge in [0, 0.05) is 6.04 Å². The van der Waals surface area contributed by atoms with Crippen molar-refractivity contribution in [3.05, 3.63) is 23.7 Å². The van der Waals surface area contributed by atoms with Crippen molar-refractivity contribution in [2.24, 2.45) is 0 Å². The molecule has 1 atom stereocenters. The Morgan fingerprint density at radius 3 is 3.14 bits per heavy atom. The standard InChI is InChI=1S/C11H17NO2/c1-9-4-6-14-11(9)7-12-5-2-3-10(12)8-13/h4,6,10,13H,2-3,5,7-8H2,1H3. The van der Waals surface area contributed by atoms with Gasteiger partial charge in [-0.15, -0.1) is 0 Å². The van der Waals surface area contributed by atoms with Crippen LogP contribution < -0.4 is 0 Å². The molecule has 0 aliphatic carbocycles. The quantitative estimate of drug-likeness (QED) is 0.795. The SMILES string of the molecule is Cc1ccoc1CN1CCCC1CO. The molecule has 0 amide bonds. The summed E-state index contributed by atoms with van der Waals surface area (Å²) in [6, 6.07) is 2.32. The largest absolute Gasteiger partial charge is 0.468 e. The molecule has 2 rings (SSSR count). The maximum absolute atomic E-state index is 9.16. The summed E-state index contributed by atoms with van der Waals surface area (Å²) in [7, 11) is 0. The average Bonchev–Trinajstić information content (AvgIpc) is 2.77. The minimum atomic E-state index is 0.264. The van der Waals surface area contributed by atoms with Crippen molar-refractivity contribution in [1.29, 1.82) is 0 Å². The molecule has 0 radical (unpaired) electrons. The number of rotatable bonds is 3. The Morgan fingerprint density at radius 2 is 2.50 bits per heavy atom. The van der Waals surface area contributed by atoms with E-state index in [0.29, 0.717) is 6.04 Å². The highest BCUT2D eigenvalue weighted by Gasteiger charge is 2.24. The summed E-state index contributed by atoms with van der Waals surface area (Å²) in [5.41, 5.74) is 1.20. The Labute approximate surface area is 84.3 Å². The van der Waals surface area contributed by atoms with Crippen LogP contribution in [0.1, 0.15) is 24.2 Å². The van der Waals surface area contributed by atoms with Crippen LogP contribution in [0.5, 0.6) is 0 Å². The van der Waals surface area contributed by atoms with Crippen molar-refractivity contribution in [3.8, 4) is 0 Å². The van der Waals surface area contributed by atoms with Gasteiger partial charge in [-0.3, -0.25) is 4.90 Å². The van der Waals surface area contributed by atoms with E-state index in [-0.39, 0.29) is 6.61 Å². The van der Waals surface area contributed by atoms with Gasteiger partial charge < -0.3 is 9.52 Å². The van der Waals surface area contributed by atoms with Crippen LogP contribution in [0.4, 0.5) is 0 Å². The Morgan fingerprint density at radius 1 is 1.64 bits per heavy atom. The van der Waals surface area contributed by atoms with Gasteiger partial charge >= 0.3 is 0 Å². The second kappa shape index (κ2) is 4.15. The normalized spacial score (nSPS) is 23.1. The van der Waals surface area contributed by atoms with Crippen LogP contribution in [0, 0.1) is 6.92 Å². The zero-order chi connectivity index (χ0) is 9.97. The smallest absolute Gasteiger partial charge is 0.120 e. The molecule has 14 heavy (non-hydrogen) atoms. The first-order valence-corrected chi connectivity index (χ1v) is 5.19. The Hall–Kier alpha value is -0.800. The molecule has 1 aliphatic heterocycles.